The van der Waals surface area contributed by atoms with Crippen molar-refractivity contribution in [3.63, 3.8) is 0 Å². The topological polar surface area (TPSA) is 85.0 Å². The molecule has 0 aliphatic carbocycles. The van der Waals surface area contributed by atoms with Gasteiger partial charge in [0.1, 0.15) is 11.8 Å². The third kappa shape index (κ3) is 5.40. The standard InChI is InChI=1S/C22H20ClN3O4S2/c1-2-29-21(28)10-16-12-31-22(24-16)32-13-20(27)26-18(19-4-3-9-30-19)11-17(25-26)14-5-7-15(23)8-6-14/h3-9,12,18H,2,10-11,13H2,1H3. The van der Waals surface area contributed by atoms with E-state index in [2.05, 4.69) is 10.1 Å². The van der Waals surface area contributed by atoms with E-state index in [1.165, 1.54) is 28.1 Å². The van der Waals surface area contributed by atoms with Crippen molar-refractivity contribution >= 4 is 52.3 Å². The predicted octanol–water partition coefficient (Wildman–Crippen LogP) is 4.97. The Morgan fingerprint density at radius 3 is 2.84 bits per heavy atom. The van der Waals surface area contributed by atoms with Crippen LogP contribution in [-0.4, -0.2) is 39.9 Å². The number of thiazole rings is 1. The molecule has 166 valence electrons. The highest BCUT2D eigenvalue weighted by molar-refractivity contribution is 8.01. The Kier molecular flexibility index (Phi) is 7.29. The van der Waals surface area contributed by atoms with E-state index >= 15 is 0 Å². The van der Waals surface area contributed by atoms with Crippen LogP contribution in [0.2, 0.25) is 5.02 Å². The quantitative estimate of drug-likeness (QED) is 0.328. The van der Waals surface area contributed by atoms with Crippen molar-refractivity contribution in [3.05, 3.63) is 70.1 Å². The van der Waals surface area contributed by atoms with Crippen LogP contribution in [0, 0.1) is 0 Å². The number of benzene rings is 1. The lowest BCUT2D eigenvalue weighted by Gasteiger charge is -2.19. The number of hydrazone groups is 1. The second kappa shape index (κ2) is 10.3. The van der Waals surface area contributed by atoms with E-state index in [-0.39, 0.29) is 30.1 Å². The number of nitrogens with zero attached hydrogens (tertiary/aromatic N) is 3. The summed E-state index contributed by atoms with van der Waals surface area (Å²) in [5.74, 6) is 0.387. The number of aromatic nitrogens is 1. The smallest absolute Gasteiger partial charge is 0.311 e. The molecule has 3 aromatic rings. The molecule has 0 N–H and O–H groups in total. The van der Waals surface area contributed by atoms with Gasteiger partial charge in [-0.25, -0.2) is 9.99 Å². The van der Waals surface area contributed by atoms with Gasteiger partial charge in [0.2, 0.25) is 0 Å². The zero-order chi connectivity index (χ0) is 22.5. The second-order valence-corrected chi connectivity index (χ2v) is 9.42. The van der Waals surface area contributed by atoms with Crippen molar-refractivity contribution in [2.75, 3.05) is 12.4 Å². The molecule has 0 saturated carbocycles. The van der Waals surface area contributed by atoms with Crippen LogP contribution in [0.5, 0.6) is 0 Å². The van der Waals surface area contributed by atoms with Gasteiger partial charge in [-0.1, -0.05) is 35.5 Å². The van der Waals surface area contributed by atoms with E-state index in [1.807, 2.05) is 23.6 Å². The Balaban J connectivity index is 1.45. The van der Waals surface area contributed by atoms with Gasteiger partial charge in [0.25, 0.3) is 5.91 Å². The number of hydrogen-bond donors (Lipinski definition) is 0. The van der Waals surface area contributed by atoms with Crippen LogP contribution in [0.15, 0.2) is 61.9 Å². The minimum atomic E-state index is -0.312. The molecule has 0 fully saturated rings. The summed E-state index contributed by atoms with van der Waals surface area (Å²) in [6.07, 6.45) is 2.26. The van der Waals surface area contributed by atoms with E-state index in [9.17, 15) is 9.59 Å². The molecule has 10 heteroatoms. The molecule has 1 unspecified atom stereocenters. The van der Waals surface area contributed by atoms with E-state index in [0.717, 1.165) is 11.3 Å². The van der Waals surface area contributed by atoms with Gasteiger partial charge in [-0.3, -0.25) is 9.59 Å². The molecule has 1 aliphatic heterocycles. The summed E-state index contributed by atoms with van der Waals surface area (Å²) in [4.78, 5) is 29.1. The average Bonchev–Trinajstić information content (AvgIpc) is 3.53. The Labute approximate surface area is 198 Å². The molecule has 1 aromatic carbocycles. The zero-order valence-electron chi connectivity index (χ0n) is 17.2. The highest BCUT2D eigenvalue weighted by atomic mass is 35.5. The van der Waals surface area contributed by atoms with E-state index in [4.69, 9.17) is 20.8 Å². The Morgan fingerprint density at radius 1 is 1.31 bits per heavy atom. The Hall–Kier alpha value is -2.62. The monoisotopic (exact) mass is 489 g/mol. The molecular formula is C22H20ClN3O4S2. The van der Waals surface area contributed by atoms with Crippen LogP contribution in [0.1, 0.15) is 36.4 Å². The number of carbonyl (C=O) groups excluding carboxylic acids is 2. The number of amides is 1. The van der Waals surface area contributed by atoms with Crippen LogP contribution in [0.25, 0.3) is 0 Å². The van der Waals surface area contributed by atoms with Gasteiger partial charge in [-0.05, 0) is 36.8 Å². The van der Waals surface area contributed by atoms with Crippen molar-refractivity contribution in [1.82, 2.24) is 9.99 Å². The summed E-state index contributed by atoms with van der Waals surface area (Å²) >= 11 is 8.72. The molecule has 0 bridgehead atoms. The van der Waals surface area contributed by atoms with Gasteiger partial charge in [0, 0.05) is 16.8 Å². The number of esters is 1. The van der Waals surface area contributed by atoms with Crippen LogP contribution < -0.4 is 0 Å². The van der Waals surface area contributed by atoms with Crippen molar-refractivity contribution in [3.8, 4) is 0 Å². The van der Waals surface area contributed by atoms with Gasteiger partial charge in [-0.2, -0.15) is 5.10 Å². The summed E-state index contributed by atoms with van der Waals surface area (Å²) in [7, 11) is 0. The SMILES string of the molecule is CCOC(=O)Cc1csc(SCC(=O)N2N=C(c3ccc(Cl)cc3)CC2c2ccco2)n1. The fourth-order valence-corrected chi connectivity index (χ4v) is 5.07. The maximum Gasteiger partial charge on any atom is 0.311 e. The lowest BCUT2D eigenvalue weighted by molar-refractivity contribution is -0.142. The molecule has 1 amide bonds. The molecule has 32 heavy (non-hydrogen) atoms. The molecule has 1 aliphatic rings. The third-order valence-electron chi connectivity index (χ3n) is 4.70. The van der Waals surface area contributed by atoms with Crippen LogP contribution in [0.3, 0.4) is 0 Å². The summed E-state index contributed by atoms with van der Waals surface area (Å²) in [6.45, 7) is 2.10. The van der Waals surface area contributed by atoms with Crippen LogP contribution in [0.4, 0.5) is 0 Å². The number of rotatable bonds is 8. The molecule has 0 spiro atoms. The second-order valence-electron chi connectivity index (χ2n) is 6.90. The van der Waals surface area contributed by atoms with Gasteiger partial charge < -0.3 is 9.15 Å². The minimum Gasteiger partial charge on any atom is -0.467 e. The van der Waals surface area contributed by atoms with E-state index in [0.29, 0.717) is 33.8 Å². The van der Waals surface area contributed by atoms with Gasteiger partial charge in [0.05, 0.1) is 36.4 Å². The first-order valence-electron chi connectivity index (χ1n) is 9.95. The van der Waals surface area contributed by atoms with E-state index in [1.54, 1.807) is 31.4 Å². The number of hydrogen-bond acceptors (Lipinski definition) is 8. The minimum absolute atomic E-state index is 0.125. The van der Waals surface area contributed by atoms with Crippen LogP contribution >= 0.6 is 34.7 Å². The molecule has 4 rings (SSSR count). The van der Waals surface area contributed by atoms with Crippen molar-refractivity contribution in [2.24, 2.45) is 5.10 Å². The molecule has 0 saturated heterocycles. The summed E-state index contributed by atoms with van der Waals surface area (Å²) in [6, 6.07) is 10.7. The molecular weight excluding hydrogens is 470 g/mol. The third-order valence-corrected chi connectivity index (χ3v) is 7.00. The highest BCUT2D eigenvalue weighted by Crippen LogP contribution is 2.34. The maximum atomic E-state index is 13.1. The predicted molar refractivity (Wildman–Crippen MR) is 124 cm³/mol. The molecule has 2 aromatic heterocycles. The van der Waals surface area contributed by atoms with Gasteiger partial charge >= 0.3 is 5.97 Å². The lowest BCUT2D eigenvalue weighted by Crippen LogP contribution is -2.28. The Morgan fingerprint density at radius 2 is 2.12 bits per heavy atom. The van der Waals surface area contributed by atoms with Crippen molar-refractivity contribution in [2.45, 2.75) is 30.1 Å². The molecule has 3 heterocycles. The van der Waals surface area contributed by atoms with E-state index < -0.39 is 0 Å². The molecule has 7 nitrogen and oxygen atoms in total. The fraction of sp³-hybridized carbons (Fsp3) is 0.273. The first-order valence-corrected chi connectivity index (χ1v) is 12.2. The maximum absolute atomic E-state index is 13.1. The average molecular weight is 490 g/mol. The van der Waals surface area contributed by atoms with Crippen LogP contribution in [-0.2, 0) is 20.7 Å². The Bertz CT molecular complexity index is 1110. The molecule has 1 atom stereocenters. The number of furan rings is 1. The van der Waals surface area contributed by atoms with Gasteiger partial charge in [0.15, 0.2) is 4.34 Å². The number of thioether (sulfide) groups is 1. The summed E-state index contributed by atoms with van der Waals surface area (Å²) in [5, 5.41) is 8.55. The summed E-state index contributed by atoms with van der Waals surface area (Å²) < 4.78 is 11.2. The van der Waals surface area contributed by atoms with Crippen molar-refractivity contribution < 1.29 is 18.7 Å². The lowest BCUT2D eigenvalue weighted by atomic mass is 10.0. The summed E-state index contributed by atoms with van der Waals surface area (Å²) in [5.41, 5.74) is 2.35. The fourth-order valence-electron chi connectivity index (χ4n) is 3.24. The molecule has 0 radical (unpaired) electrons. The number of halogens is 1. The van der Waals surface area contributed by atoms with Gasteiger partial charge in [-0.15, -0.1) is 11.3 Å². The number of ether oxygens (including phenoxy) is 1. The number of carbonyl (C=O) groups is 2. The highest BCUT2D eigenvalue weighted by Gasteiger charge is 2.34. The largest absolute Gasteiger partial charge is 0.467 e. The van der Waals surface area contributed by atoms with Crippen molar-refractivity contribution in [1.29, 1.82) is 0 Å². The normalized spacial score (nSPS) is 15.6. The first kappa shape index (κ1) is 22.6. The zero-order valence-corrected chi connectivity index (χ0v) is 19.6. The first-order chi connectivity index (χ1) is 15.5.